The minimum Gasteiger partial charge on any atom is -0.391 e. The number of nitrogens with one attached hydrogen (secondary N) is 1. The van der Waals surface area contributed by atoms with Gasteiger partial charge in [0.15, 0.2) is 0 Å². The number of sulfonamides is 1. The highest BCUT2D eigenvalue weighted by molar-refractivity contribution is 9.11. The van der Waals surface area contributed by atoms with Crippen LogP contribution in [0.25, 0.3) is 0 Å². The van der Waals surface area contributed by atoms with Gasteiger partial charge in [-0.3, -0.25) is 0 Å². The zero-order valence-corrected chi connectivity index (χ0v) is 13.5. The van der Waals surface area contributed by atoms with E-state index in [4.69, 9.17) is 11.6 Å². The summed E-state index contributed by atoms with van der Waals surface area (Å²) in [6.07, 6.45) is -0.809. The molecule has 2 N–H and O–H groups in total. The van der Waals surface area contributed by atoms with Crippen molar-refractivity contribution in [2.45, 2.75) is 36.6 Å². The zero-order chi connectivity index (χ0) is 13.4. The molecule has 1 unspecified atom stereocenters. The van der Waals surface area contributed by atoms with Crippen LogP contribution in [-0.2, 0) is 10.0 Å². The summed E-state index contributed by atoms with van der Waals surface area (Å²) in [5, 5.41) is 9.84. The monoisotopic (exact) mass is 361 g/mol. The lowest BCUT2D eigenvalue weighted by Gasteiger charge is -2.28. The van der Waals surface area contributed by atoms with Gasteiger partial charge in [-0.15, -0.1) is 11.3 Å². The van der Waals surface area contributed by atoms with E-state index < -0.39 is 21.7 Å². The van der Waals surface area contributed by atoms with Crippen LogP contribution in [-0.4, -0.2) is 25.2 Å². The Bertz CT molecular complexity index is 491. The Labute approximate surface area is 118 Å². The van der Waals surface area contributed by atoms with Crippen LogP contribution in [0, 0.1) is 0 Å². The number of hydrogen-bond acceptors (Lipinski definition) is 4. The molecule has 0 aliphatic heterocycles. The fourth-order valence-electron chi connectivity index (χ4n) is 0.941. The summed E-state index contributed by atoms with van der Waals surface area (Å²) in [7, 11) is -3.67. The molecule has 98 valence electrons. The van der Waals surface area contributed by atoms with Crippen molar-refractivity contribution in [1.29, 1.82) is 0 Å². The molecule has 0 bridgehead atoms. The lowest BCUT2D eigenvalue weighted by Crippen LogP contribution is -2.50. The molecular formula is C9H13BrClNO3S2. The van der Waals surface area contributed by atoms with E-state index in [-0.39, 0.29) is 4.21 Å². The average Bonchev–Trinajstić information content (AvgIpc) is 2.45. The van der Waals surface area contributed by atoms with E-state index in [2.05, 4.69) is 20.7 Å². The Morgan fingerprint density at radius 3 is 2.47 bits per heavy atom. The van der Waals surface area contributed by atoms with Gasteiger partial charge in [-0.2, -0.15) is 0 Å². The summed E-state index contributed by atoms with van der Waals surface area (Å²) < 4.78 is 27.2. The molecule has 0 radical (unpaired) electrons. The van der Waals surface area contributed by atoms with Gasteiger partial charge in [0, 0.05) is 0 Å². The minimum absolute atomic E-state index is 0.114. The van der Waals surface area contributed by atoms with Crippen LogP contribution in [0.2, 0.25) is 5.02 Å². The molecule has 0 amide bonds. The molecule has 1 aromatic heterocycles. The van der Waals surface area contributed by atoms with Crippen molar-refractivity contribution >= 4 is 48.9 Å². The van der Waals surface area contributed by atoms with Crippen molar-refractivity contribution in [2.24, 2.45) is 0 Å². The van der Waals surface area contributed by atoms with Gasteiger partial charge in [-0.1, -0.05) is 11.6 Å². The van der Waals surface area contributed by atoms with Gasteiger partial charge in [0.2, 0.25) is 0 Å². The molecule has 0 aliphatic rings. The number of aliphatic hydroxyl groups excluding tert-OH is 1. The molecule has 0 fully saturated rings. The first kappa shape index (κ1) is 15.4. The maximum absolute atomic E-state index is 12.0. The van der Waals surface area contributed by atoms with Crippen LogP contribution in [0.4, 0.5) is 0 Å². The van der Waals surface area contributed by atoms with Gasteiger partial charge < -0.3 is 5.11 Å². The van der Waals surface area contributed by atoms with E-state index in [1.807, 2.05) is 0 Å². The van der Waals surface area contributed by atoms with E-state index >= 15 is 0 Å². The Morgan fingerprint density at radius 1 is 1.59 bits per heavy atom. The van der Waals surface area contributed by atoms with Gasteiger partial charge in [0.05, 0.1) is 20.5 Å². The van der Waals surface area contributed by atoms with Crippen LogP contribution < -0.4 is 4.72 Å². The quantitative estimate of drug-likeness (QED) is 0.865. The van der Waals surface area contributed by atoms with Crippen molar-refractivity contribution in [3.05, 3.63) is 14.9 Å². The Hall–Kier alpha value is 0.340. The van der Waals surface area contributed by atoms with Crippen molar-refractivity contribution < 1.29 is 13.5 Å². The van der Waals surface area contributed by atoms with E-state index in [1.54, 1.807) is 13.8 Å². The Balaban J connectivity index is 3.05. The first-order chi connectivity index (χ1) is 7.56. The molecule has 0 saturated carbocycles. The third-order valence-corrected chi connectivity index (χ3v) is 6.95. The highest BCUT2D eigenvalue weighted by Gasteiger charge is 2.31. The summed E-state index contributed by atoms with van der Waals surface area (Å²) in [5.41, 5.74) is -0.943. The van der Waals surface area contributed by atoms with E-state index in [0.29, 0.717) is 8.81 Å². The van der Waals surface area contributed by atoms with Crippen molar-refractivity contribution in [3.8, 4) is 0 Å². The molecule has 0 aromatic carbocycles. The number of hydrogen-bond donors (Lipinski definition) is 2. The third kappa shape index (κ3) is 3.65. The summed E-state index contributed by atoms with van der Waals surface area (Å²) >= 11 is 9.98. The summed E-state index contributed by atoms with van der Waals surface area (Å²) in [6, 6.07) is 1.37. The molecule has 1 atom stereocenters. The Morgan fingerprint density at radius 2 is 2.12 bits per heavy atom. The normalized spacial score (nSPS) is 14.9. The number of thiophene rings is 1. The summed E-state index contributed by atoms with van der Waals surface area (Å²) in [6.45, 7) is 4.75. The van der Waals surface area contributed by atoms with Gasteiger partial charge >= 0.3 is 0 Å². The molecule has 0 aliphatic carbocycles. The largest absolute Gasteiger partial charge is 0.391 e. The van der Waals surface area contributed by atoms with Gasteiger partial charge in [-0.25, -0.2) is 13.1 Å². The fourth-order valence-corrected chi connectivity index (χ4v) is 4.81. The second-order valence-corrected chi connectivity index (χ2v) is 8.88. The van der Waals surface area contributed by atoms with E-state index in [9.17, 15) is 13.5 Å². The fraction of sp³-hybridized carbons (Fsp3) is 0.556. The predicted molar refractivity (Wildman–Crippen MR) is 73.1 cm³/mol. The second kappa shape index (κ2) is 5.14. The first-order valence-corrected chi connectivity index (χ1v) is 8.20. The second-order valence-electron chi connectivity index (χ2n) is 4.19. The topological polar surface area (TPSA) is 66.4 Å². The van der Waals surface area contributed by atoms with Crippen molar-refractivity contribution in [1.82, 2.24) is 4.72 Å². The standard InChI is InChI=1S/C9H13BrClNO3S2/c1-5(13)9(2,3)12-17(14,15)7-4-6(11)8(10)16-7/h4-5,12-13H,1-3H3. The molecule has 0 spiro atoms. The van der Waals surface area contributed by atoms with Crippen LogP contribution >= 0.6 is 38.9 Å². The number of halogens is 2. The lowest BCUT2D eigenvalue weighted by molar-refractivity contribution is 0.112. The summed E-state index contributed by atoms with van der Waals surface area (Å²) in [4.78, 5) is 0. The summed E-state index contributed by atoms with van der Waals surface area (Å²) in [5.74, 6) is 0. The third-order valence-electron chi connectivity index (χ3n) is 2.33. The molecule has 1 heterocycles. The van der Waals surface area contributed by atoms with E-state index in [0.717, 1.165) is 11.3 Å². The van der Waals surface area contributed by atoms with Crippen molar-refractivity contribution in [2.75, 3.05) is 0 Å². The maximum atomic E-state index is 12.0. The van der Waals surface area contributed by atoms with E-state index in [1.165, 1.54) is 13.0 Å². The highest BCUT2D eigenvalue weighted by atomic mass is 79.9. The molecule has 17 heavy (non-hydrogen) atoms. The highest BCUT2D eigenvalue weighted by Crippen LogP contribution is 2.35. The Kier molecular flexibility index (Phi) is 4.66. The van der Waals surface area contributed by atoms with Gasteiger partial charge in [0.25, 0.3) is 10.0 Å². The van der Waals surface area contributed by atoms with Crippen LogP contribution in [0.15, 0.2) is 14.1 Å². The smallest absolute Gasteiger partial charge is 0.250 e. The maximum Gasteiger partial charge on any atom is 0.250 e. The van der Waals surface area contributed by atoms with Crippen LogP contribution in [0.3, 0.4) is 0 Å². The average molecular weight is 363 g/mol. The molecule has 0 saturated heterocycles. The number of rotatable bonds is 4. The molecular weight excluding hydrogens is 350 g/mol. The molecule has 1 rings (SSSR count). The predicted octanol–water partition coefficient (Wildman–Crippen LogP) is 2.60. The SMILES string of the molecule is CC(O)C(C)(C)NS(=O)(=O)c1cc(Cl)c(Br)s1. The lowest BCUT2D eigenvalue weighted by atomic mass is 10.0. The van der Waals surface area contributed by atoms with Crippen LogP contribution in [0.1, 0.15) is 20.8 Å². The first-order valence-electron chi connectivity index (χ1n) is 4.73. The van der Waals surface area contributed by atoms with Crippen LogP contribution in [0.5, 0.6) is 0 Å². The molecule has 1 aromatic rings. The van der Waals surface area contributed by atoms with Gasteiger partial charge in [-0.05, 0) is 42.8 Å². The zero-order valence-electron chi connectivity index (χ0n) is 9.49. The molecule has 8 heteroatoms. The minimum atomic E-state index is -3.67. The van der Waals surface area contributed by atoms with Crippen molar-refractivity contribution in [3.63, 3.8) is 0 Å². The molecule has 4 nitrogen and oxygen atoms in total. The number of aliphatic hydroxyl groups is 1. The van der Waals surface area contributed by atoms with Gasteiger partial charge in [0.1, 0.15) is 4.21 Å².